The minimum atomic E-state index is -0.869. The summed E-state index contributed by atoms with van der Waals surface area (Å²) in [5, 5.41) is 7.76. The first-order valence-electron chi connectivity index (χ1n) is 12.0. The van der Waals surface area contributed by atoms with Crippen LogP contribution in [0.4, 0.5) is 5.13 Å². The Balaban J connectivity index is 1.67. The lowest BCUT2D eigenvalue weighted by atomic mass is 10.0. The molecule has 0 aliphatic carbocycles. The van der Waals surface area contributed by atoms with Crippen LogP contribution >= 0.6 is 23.1 Å². The standard InChI is InChI=1S/C24H35N5O7S2/c1-23(2,3)34-10-13(11-35-24(4,5)6)36-21(32)15-8-9-37-20-17(19(31)29(15)20)27-18(30)16(28-33-7)14-12-38-22(25)26-14/h8,12-13,17,20H,9-11H2,1-7H3,(H2,25,26)(H,27,30)/b28-16-/t17?,20-/m1/s1. The van der Waals surface area contributed by atoms with Crippen molar-refractivity contribution in [3.63, 3.8) is 0 Å². The molecule has 12 nitrogen and oxygen atoms in total. The van der Waals surface area contributed by atoms with Crippen molar-refractivity contribution in [2.75, 3.05) is 31.8 Å². The van der Waals surface area contributed by atoms with Gasteiger partial charge in [-0.15, -0.1) is 23.1 Å². The van der Waals surface area contributed by atoms with Crippen LogP contribution in [-0.2, 0) is 33.4 Å². The Morgan fingerprint density at radius 1 is 1.21 bits per heavy atom. The Morgan fingerprint density at radius 3 is 2.37 bits per heavy atom. The Labute approximate surface area is 230 Å². The van der Waals surface area contributed by atoms with Crippen LogP contribution in [0.25, 0.3) is 0 Å². The Kier molecular flexibility index (Phi) is 9.44. The number of esters is 1. The highest BCUT2D eigenvalue weighted by atomic mass is 32.2. The largest absolute Gasteiger partial charge is 0.453 e. The van der Waals surface area contributed by atoms with Gasteiger partial charge in [0.25, 0.3) is 11.8 Å². The number of anilines is 1. The van der Waals surface area contributed by atoms with Gasteiger partial charge in [0.15, 0.2) is 10.8 Å². The first kappa shape index (κ1) is 29.9. The minimum Gasteiger partial charge on any atom is -0.453 e. The van der Waals surface area contributed by atoms with Gasteiger partial charge in [-0.3, -0.25) is 14.5 Å². The number of carbonyl (C=O) groups is 3. The minimum absolute atomic E-state index is 0.108. The smallest absolute Gasteiger partial charge is 0.355 e. The molecule has 2 aliphatic rings. The lowest BCUT2D eigenvalue weighted by Crippen LogP contribution is -2.70. The third-order valence-electron chi connectivity index (χ3n) is 5.18. The monoisotopic (exact) mass is 569 g/mol. The van der Waals surface area contributed by atoms with Crippen LogP contribution in [0, 0.1) is 0 Å². The average molecular weight is 570 g/mol. The van der Waals surface area contributed by atoms with E-state index < -0.39 is 46.5 Å². The molecule has 0 spiro atoms. The van der Waals surface area contributed by atoms with Crippen molar-refractivity contribution in [2.24, 2.45) is 5.16 Å². The number of nitrogens with zero attached hydrogens (tertiary/aromatic N) is 3. The number of amides is 2. The number of thiazole rings is 1. The zero-order chi connectivity index (χ0) is 28.3. The molecule has 2 atom stereocenters. The third-order valence-corrected chi connectivity index (χ3v) is 7.04. The zero-order valence-corrected chi connectivity index (χ0v) is 24.2. The van der Waals surface area contributed by atoms with E-state index in [9.17, 15) is 14.4 Å². The van der Waals surface area contributed by atoms with E-state index in [4.69, 9.17) is 24.8 Å². The van der Waals surface area contributed by atoms with Crippen molar-refractivity contribution in [1.29, 1.82) is 0 Å². The molecule has 2 aliphatic heterocycles. The van der Waals surface area contributed by atoms with E-state index in [0.29, 0.717) is 5.75 Å². The Bertz CT molecular complexity index is 1090. The van der Waals surface area contributed by atoms with Crippen molar-refractivity contribution >= 4 is 51.7 Å². The SMILES string of the molecule is CO/N=C(\C(=O)NC1C(=O)N2C(C(=O)OC(COC(C)(C)C)COC(C)(C)C)=CCS[C@H]12)c1csc(N)n1. The number of oxime groups is 1. The lowest BCUT2D eigenvalue weighted by molar-refractivity contribution is -0.165. The number of hydrogen-bond acceptors (Lipinski definition) is 12. The number of carbonyl (C=O) groups excluding carboxylic acids is 3. The molecule has 1 saturated heterocycles. The molecule has 1 aromatic rings. The summed E-state index contributed by atoms with van der Waals surface area (Å²) in [6.07, 6.45) is 0.960. The second-order valence-electron chi connectivity index (χ2n) is 10.5. The summed E-state index contributed by atoms with van der Waals surface area (Å²) in [6.45, 7) is 11.7. The number of fused-ring (bicyclic) bond motifs is 1. The van der Waals surface area contributed by atoms with Gasteiger partial charge in [-0.05, 0) is 47.6 Å². The van der Waals surface area contributed by atoms with Crippen molar-refractivity contribution < 1.29 is 33.4 Å². The first-order chi connectivity index (χ1) is 17.7. The normalized spacial score (nSPS) is 20.0. The molecule has 210 valence electrons. The van der Waals surface area contributed by atoms with E-state index in [-0.39, 0.29) is 35.4 Å². The van der Waals surface area contributed by atoms with E-state index in [2.05, 4.69) is 15.5 Å². The van der Waals surface area contributed by atoms with E-state index >= 15 is 0 Å². The fourth-order valence-electron chi connectivity index (χ4n) is 3.45. The number of nitrogens with one attached hydrogen (secondary N) is 1. The summed E-state index contributed by atoms with van der Waals surface area (Å²) in [4.78, 5) is 49.3. The van der Waals surface area contributed by atoms with Gasteiger partial charge in [0.2, 0.25) is 0 Å². The van der Waals surface area contributed by atoms with Gasteiger partial charge in [0.1, 0.15) is 36.0 Å². The quantitative estimate of drug-likeness (QED) is 0.185. The molecule has 14 heteroatoms. The average Bonchev–Trinajstić information content (AvgIpc) is 3.26. The van der Waals surface area contributed by atoms with Crippen molar-refractivity contribution in [3.05, 3.63) is 22.8 Å². The Morgan fingerprint density at radius 2 is 1.84 bits per heavy atom. The van der Waals surface area contributed by atoms with Gasteiger partial charge in [-0.1, -0.05) is 5.16 Å². The molecular formula is C24H35N5O7S2. The molecule has 1 aromatic heterocycles. The Hall–Kier alpha value is -2.68. The molecule has 38 heavy (non-hydrogen) atoms. The van der Waals surface area contributed by atoms with E-state index in [1.54, 1.807) is 11.5 Å². The predicted octanol–water partition coefficient (Wildman–Crippen LogP) is 1.90. The maximum Gasteiger partial charge on any atom is 0.355 e. The van der Waals surface area contributed by atoms with Gasteiger partial charge in [0, 0.05) is 11.1 Å². The summed E-state index contributed by atoms with van der Waals surface area (Å²) < 4.78 is 17.4. The number of rotatable bonds is 10. The van der Waals surface area contributed by atoms with Crippen LogP contribution in [0.1, 0.15) is 47.2 Å². The molecular weight excluding hydrogens is 534 g/mol. The fraction of sp³-hybridized carbons (Fsp3) is 0.625. The lowest BCUT2D eigenvalue weighted by Gasteiger charge is -2.48. The highest BCUT2D eigenvalue weighted by Gasteiger charge is 2.53. The molecule has 2 amide bonds. The third kappa shape index (κ3) is 7.68. The maximum absolute atomic E-state index is 13.2. The zero-order valence-electron chi connectivity index (χ0n) is 22.6. The molecule has 0 radical (unpaired) electrons. The van der Waals surface area contributed by atoms with Crippen LogP contribution in [0.3, 0.4) is 0 Å². The van der Waals surface area contributed by atoms with Gasteiger partial charge >= 0.3 is 5.97 Å². The van der Waals surface area contributed by atoms with Gasteiger partial charge in [-0.2, -0.15) is 0 Å². The molecule has 3 rings (SSSR count). The van der Waals surface area contributed by atoms with E-state index in [1.165, 1.54) is 23.8 Å². The van der Waals surface area contributed by atoms with Crippen LogP contribution < -0.4 is 11.1 Å². The van der Waals surface area contributed by atoms with E-state index in [0.717, 1.165) is 11.3 Å². The van der Waals surface area contributed by atoms with Gasteiger partial charge in [0.05, 0.1) is 24.4 Å². The predicted molar refractivity (Wildman–Crippen MR) is 144 cm³/mol. The van der Waals surface area contributed by atoms with Crippen molar-refractivity contribution in [1.82, 2.24) is 15.2 Å². The summed E-state index contributed by atoms with van der Waals surface area (Å²) >= 11 is 2.56. The van der Waals surface area contributed by atoms with Crippen molar-refractivity contribution in [2.45, 2.75) is 70.3 Å². The number of aromatic nitrogens is 1. The van der Waals surface area contributed by atoms with Crippen LogP contribution in [-0.4, -0.2) is 88.2 Å². The highest BCUT2D eigenvalue weighted by molar-refractivity contribution is 8.00. The number of β-lactam (4-membered cyclic amide) rings is 1. The number of nitrogen functional groups attached to an aromatic ring is 1. The second-order valence-corrected chi connectivity index (χ2v) is 12.6. The molecule has 1 unspecified atom stereocenters. The fourth-order valence-corrected chi connectivity index (χ4v) is 5.19. The molecule has 3 N–H and O–H groups in total. The summed E-state index contributed by atoms with van der Waals surface area (Å²) in [5.41, 5.74) is 5.04. The van der Waals surface area contributed by atoms with Gasteiger partial charge in [-0.25, -0.2) is 9.78 Å². The molecule has 0 aromatic carbocycles. The number of thioether (sulfide) groups is 1. The molecule has 0 bridgehead atoms. The summed E-state index contributed by atoms with van der Waals surface area (Å²) in [6, 6.07) is -0.869. The van der Waals surface area contributed by atoms with Crippen LogP contribution in [0.15, 0.2) is 22.3 Å². The molecule has 1 fully saturated rings. The van der Waals surface area contributed by atoms with E-state index in [1.807, 2.05) is 41.5 Å². The second kappa shape index (κ2) is 12.0. The number of ether oxygens (including phenoxy) is 3. The summed E-state index contributed by atoms with van der Waals surface area (Å²) in [7, 11) is 1.30. The van der Waals surface area contributed by atoms with Crippen LogP contribution in [0.5, 0.6) is 0 Å². The number of nitrogens with two attached hydrogens (primary N) is 1. The van der Waals surface area contributed by atoms with Gasteiger partial charge < -0.3 is 30.1 Å². The highest BCUT2D eigenvalue weighted by Crippen LogP contribution is 2.38. The van der Waals surface area contributed by atoms with Crippen LogP contribution in [0.2, 0.25) is 0 Å². The maximum atomic E-state index is 13.2. The first-order valence-corrected chi connectivity index (χ1v) is 13.9. The van der Waals surface area contributed by atoms with Crippen molar-refractivity contribution in [3.8, 4) is 0 Å². The summed E-state index contributed by atoms with van der Waals surface area (Å²) in [5.74, 6) is -1.29. The topological polar surface area (TPSA) is 155 Å². The number of hydrogen-bond donors (Lipinski definition) is 2. The molecule has 3 heterocycles. The molecule has 0 saturated carbocycles.